The molecule has 0 saturated heterocycles. The number of rotatable bonds is 4. The summed E-state index contributed by atoms with van der Waals surface area (Å²) >= 11 is 0. The van der Waals surface area contributed by atoms with Crippen molar-refractivity contribution in [3.05, 3.63) is 48.3 Å². The lowest BCUT2D eigenvalue weighted by Crippen LogP contribution is -2.05. The Morgan fingerprint density at radius 1 is 1.30 bits per heavy atom. The standard InChI is InChI=1S/C15H15F2N3/c1-2-5-20-14(18)13(19-15(20)9-3-4-9)10-6-11(16)8-12(17)7-10/h2,6-9H,1,3-5,18H2. The van der Waals surface area contributed by atoms with Crippen molar-refractivity contribution < 1.29 is 8.78 Å². The fourth-order valence-electron chi connectivity index (χ4n) is 2.36. The summed E-state index contributed by atoms with van der Waals surface area (Å²) in [6.07, 6.45) is 3.88. The predicted molar refractivity (Wildman–Crippen MR) is 74.2 cm³/mol. The first-order chi connectivity index (χ1) is 9.60. The van der Waals surface area contributed by atoms with Crippen LogP contribution in [0.4, 0.5) is 14.6 Å². The smallest absolute Gasteiger partial charge is 0.132 e. The number of imidazole rings is 1. The second kappa shape index (κ2) is 4.74. The number of aromatic nitrogens is 2. The van der Waals surface area contributed by atoms with Crippen LogP contribution in [0.5, 0.6) is 0 Å². The normalized spacial score (nSPS) is 14.5. The van der Waals surface area contributed by atoms with E-state index in [1.54, 1.807) is 6.08 Å². The number of anilines is 1. The average Bonchev–Trinajstić information content (AvgIpc) is 3.16. The Morgan fingerprint density at radius 2 is 1.95 bits per heavy atom. The Labute approximate surface area is 115 Å². The third-order valence-electron chi connectivity index (χ3n) is 3.43. The molecule has 0 bridgehead atoms. The molecule has 0 amide bonds. The van der Waals surface area contributed by atoms with Crippen LogP contribution in [0.2, 0.25) is 0 Å². The summed E-state index contributed by atoms with van der Waals surface area (Å²) in [5.41, 5.74) is 6.90. The number of nitrogens with zero attached hydrogens (tertiary/aromatic N) is 2. The Kier molecular flexibility index (Phi) is 3.04. The van der Waals surface area contributed by atoms with Gasteiger partial charge in [0.25, 0.3) is 0 Å². The molecular formula is C15H15F2N3. The predicted octanol–water partition coefficient (Wildman–Crippen LogP) is 3.47. The van der Waals surface area contributed by atoms with Gasteiger partial charge in [0.2, 0.25) is 0 Å². The molecule has 20 heavy (non-hydrogen) atoms. The van der Waals surface area contributed by atoms with Gasteiger partial charge in [0, 0.05) is 24.1 Å². The summed E-state index contributed by atoms with van der Waals surface area (Å²) < 4.78 is 28.5. The first-order valence-electron chi connectivity index (χ1n) is 6.53. The van der Waals surface area contributed by atoms with Crippen LogP contribution in [0.15, 0.2) is 30.9 Å². The van der Waals surface area contributed by atoms with E-state index in [1.807, 2.05) is 4.57 Å². The van der Waals surface area contributed by atoms with Crippen LogP contribution >= 0.6 is 0 Å². The summed E-state index contributed by atoms with van der Waals surface area (Å²) in [4.78, 5) is 4.50. The van der Waals surface area contributed by atoms with Crippen molar-refractivity contribution in [2.24, 2.45) is 0 Å². The van der Waals surface area contributed by atoms with Crippen LogP contribution in [-0.2, 0) is 6.54 Å². The van der Waals surface area contributed by atoms with E-state index in [0.29, 0.717) is 29.5 Å². The van der Waals surface area contributed by atoms with Gasteiger partial charge in [-0.25, -0.2) is 13.8 Å². The second-order valence-corrected chi connectivity index (χ2v) is 5.04. The van der Waals surface area contributed by atoms with E-state index < -0.39 is 11.6 Å². The Morgan fingerprint density at radius 3 is 2.50 bits per heavy atom. The molecule has 104 valence electrons. The van der Waals surface area contributed by atoms with Crippen LogP contribution < -0.4 is 5.73 Å². The molecule has 0 aliphatic heterocycles. The van der Waals surface area contributed by atoms with Gasteiger partial charge >= 0.3 is 0 Å². The minimum atomic E-state index is -0.634. The minimum absolute atomic E-state index is 0.365. The van der Waals surface area contributed by atoms with E-state index in [0.717, 1.165) is 24.7 Å². The van der Waals surface area contributed by atoms with E-state index in [9.17, 15) is 8.78 Å². The topological polar surface area (TPSA) is 43.8 Å². The molecule has 0 radical (unpaired) electrons. The van der Waals surface area contributed by atoms with Gasteiger partial charge in [0.05, 0.1) is 0 Å². The lowest BCUT2D eigenvalue weighted by atomic mass is 10.1. The maximum Gasteiger partial charge on any atom is 0.132 e. The van der Waals surface area contributed by atoms with Crippen LogP contribution in [0.3, 0.4) is 0 Å². The van der Waals surface area contributed by atoms with Gasteiger partial charge in [0.1, 0.15) is 29.0 Å². The van der Waals surface area contributed by atoms with Crippen LogP contribution in [0.1, 0.15) is 24.6 Å². The number of benzene rings is 1. The SMILES string of the molecule is C=CCn1c(C2CC2)nc(-c2cc(F)cc(F)c2)c1N. The zero-order chi connectivity index (χ0) is 14.3. The highest BCUT2D eigenvalue weighted by molar-refractivity contribution is 5.71. The van der Waals surface area contributed by atoms with Crippen molar-refractivity contribution in [2.45, 2.75) is 25.3 Å². The largest absolute Gasteiger partial charge is 0.383 e. The van der Waals surface area contributed by atoms with Crippen molar-refractivity contribution >= 4 is 5.82 Å². The highest BCUT2D eigenvalue weighted by Gasteiger charge is 2.30. The molecule has 1 aromatic heterocycles. The summed E-state index contributed by atoms with van der Waals surface area (Å²) in [5, 5.41) is 0. The van der Waals surface area contributed by atoms with Crippen LogP contribution in [-0.4, -0.2) is 9.55 Å². The first kappa shape index (κ1) is 12.8. The van der Waals surface area contributed by atoms with Crippen molar-refractivity contribution in [3.63, 3.8) is 0 Å². The van der Waals surface area contributed by atoms with Crippen molar-refractivity contribution in [3.8, 4) is 11.3 Å². The van der Waals surface area contributed by atoms with Gasteiger partial charge in [-0.05, 0) is 25.0 Å². The van der Waals surface area contributed by atoms with Gasteiger partial charge in [-0.3, -0.25) is 0 Å². The molecule has 2 N–H and O–H groups in total. The molecule has 0 unspecified atom stereocenters. The van der Waals surface area contributed by atoms with Crippen molar-refractivity contribution in [1.82, 2.24) is 9.55 Å². The summed E-state index contributed by atoms with van der Waals surface area (Å²) in [6.45, 7) is 4.25. The maximum atomic E-state index is 13.3. The number of nitrogen functional groups attached to an aromatic ring is 1. The van der Waals surface area contributed by atoms with E-state index >= 15 is 0 Å². The molecule has 2 aromatic rings. The quantitative estimate of drug-likeness (QED) is 0.868. The highest BCUT2D eigenvalue weighted by atomic mass is 19.1. The van der Waals surface area contributed by atoms with Crippen LogP contribution in [0.25, 0.3) is 11.3 Å². The van der Waals surface area contributed by atoms with E-state index in [1.165, 1.54) is 12.1 Å². The summed E-state index contributed by atoms with van der Waals surface area (Å²) in [5.74, 6) is 0.430. The third-order valence-corrected chi connectivity index (χ3v) is 3.43. The van der Waals surface area contributed by atoms with Crippen molar-refractivity contribution in [2.75, 3.05) is 5.73 Å². The zero-order valence-electron chi connectivity index (χ0n) is 10.9. The van der Waals surface area contributed by atoms with Crippen LogP contribution in [0, 0.1) is 11.6 Å². The molecule has 5 heteroatoms. The maximum absolute atomic E-state index is 13.3. The molecule has 0 spiro atoms. The zero-order valence-corrected chi connectivity index (χ0v) is 10.9. The summed E-state index contributed by atoms with van der Waals surface area (Å²) in [6, 6.07) is 3.33. The fourth-order valence-corrected chi connectivity index (χ4v) is 2.36. The van der Waals surface area contributed by atoms with Gasteiger partial charge < -0.3 is 10.3 Å². The lowest BCUT2D eigenvalue weighted by Gasteiger charge is -2.06. The Hall–Kier alpha value is -2.17. The molecule has 3 nitrogen and oxygen atoms in total. The van der Waals surface area contributed by atoms with Gasteiger partial charge in [-0.1, -0.05) is 6.08 Å². The molecule has 1 heterocycles. The molecule has 1 aromatic carbocycles. The number of hydrogen-bond acceptors (Lipinski definition) is 2. The lowest BCUT2D eigenvalue weighted by molar-refractivity contribution is 0.584. The van der Waals surface area contributed by atoms with E-state index in [4.69, 9.17) is 5.73 Å². The first-order valence-corrected chi connectivity index (χ1v) is 6.53. The minimum Gasteiger partial charge on any atom is -0.383 e. The Bertz CT molecular complexity index is 652. The Balaban J connectivity index is 2.13. The highest BCUT2D eigenvalue weighted by Crippen LogP contribution is 2.42. The van der Waals surface area contributed by atoms with Gasteiger partial charge in [0.15, 0.2) is 0 Å². The van der Waals surface area contributed by atoms with E-state index in [-0.39, 0.29) is 0 Å². The van der Waals surface area contributed by atoms with Gasteiger partial charge in [-0.15, -0.1) is 6.58 Å². The van der Waals surface area contributed by atoms with Crippen molar-refractivity contribution in [1.29, 1.82) is 0 Å². The monoisotopic (exact) mass is 275 g/mol. The number of allylic oxidation sites excluding steroid dienone is 1. The average molecular weight is 275 g/mol. The number of hydrogen-bond donors (Lipinski definition) is 1. The van der Waals surface area contributed by atoms with E-state index in [2.05, 4.69) is 11.6 Å². The number of halogens is 2. The number of nitrogens with two attached hydrogens (primary N) is 1. The molecule has 1 aliphatic carbocycles. The molecule has 1 saturated carbocycles. The summed E-state index contributed by atoms with van der Waals surface area (Å²) in [7, 11) is 0. The molecule has 1 fully saturated rings. The third kappa shape index (κ3) is 2.19. The van der Waals surface area contributed by atoms with Gasteiger partial charge in [-0.2, -0.15) is 0 Å². The molecular weight excluding hydrogens is 260 g/mol. The molecule has 0 atom stereocenters. The second-order valence-electron chi connectivity index (χ2n) is 5.04. The fraction of sp³-hybridized carbons (Fsp3) is 0.267. The molecule has 3 rings (SSSR count). The molecule has 1 aliphatic rings.